The van der Waals surface area contributed by atoms with Gasteiger partial charge in [-0.3, -0.25) is 10.1 Å². The van der Waals surface area contributed by atoms with E-state index < -0.39 is 0 Å². The van der Waals surface area contributed by atoms with Gasteiger partial charge in [0.1, 0.15) is 17.0 Å². The molecule has 5 nitrogen and oxygen atoms in total. The minimum Gasteiger partial charge on any atom is -0.494 e. The summed E-state index contributed by atoms with van der Waals surface area (Å²) >= 11 is 1.40. The number of aromatic nitrogens is 2. The van der Waals surface area contributed by atoms with Crippen molar-refractivity contribution in [2.75, 3.05) is 12.4 Å². The van der Waals surface area contributed by atoms with E-state index in [0.717, 1.165) is 21.1 Å². The Morgan fingerprint density at radius 2 is 1.92 bits per heavy atom. The number of fused-ring (bicyclic) bond motifs is 2. The van der Waals surface area contributed by atoms with Crippen molar-refractivity contribution in [2.24, 2.45) is 0 Å². The van der Waals surface area contributed by atoms with Crippen molar-refractivity contribution in [3.8, 4) is 5.75 Å². The molecule has 0 aliphatic rings. The normalized spacial score (nSPS) is 10.9. The third-order valence-electron chi connectivity index (χ3n) is 3.65. The van der Waals surface area contributed by atoms with Gasteiger partial charge in [-0.25, -0.2) is 9.97 Å². The summed E-state index contributed by atoms with van der Waals surface area (Å²) in [6, 6.07) is 17.0. The molecule has 0 atom stereocenters. The molecule has 4 rings (SSSR count). The van der Waals surface area contributed by atoms with E-state index in [4.69, 9.17) is 4.74 Å². The molecule has 0 radical (unpaired) electrons. The van der Waals surface area contributed by atoms with Crippen molar-refractivity contribution in [3.63, 3.8) is 0 Å². The van der Waals surface area contributed by atoms with Crippen LogP contribution in [-0.4, -0.2) is 23.0 Å². The van der Waals surface area contributed by atoms with Crippen LogP contribution in [0.25, 0.3) is 21.1 Å². The molecular formula is C18H13N3O2S. The monoisotopic (exact) mass is 335 g/mol. The Labute approximate surface area is 141 Å². The highest BCUT2D eigenvalue weighted by Crippen LogP contribution is 2.32. The van der Waals surface area contributed by atoms with Crippen molar-refractivity contribution in [1.82, 2.24) is 9.97 Å². The molecule has 0 saturated carbocycles. The maximum absolute atomic E-state index is 12.5. The number of ether oxygens (including phenoxy) is 1. The van der Waals surface area contributed by atoms with Crippen LogP contribution >= 0.6 is 11.3 Å². The van der Waals surface area contributed by atoms with Gasteiger partial charge in [0, 0.05) is 5.39 Å². The van der Waals surface area contributed by atoms with Gasteiger partial charge in [-0.15, -0.1) is 0 Å². The fourth-order valence-electron chi connectivity index (χ4n) is 2.50. The summed E-state index contributed by atoms with van der Waals surface area (Å²) < 4.78 is 6.25. The van der Waals surface area contributed by atoms with Crippen LogP contribution in [0.2, 0.25) is 0 Å². The molecule has 0 aliphatic heterocycles. The Morgan fingerprint density at radius 3 is 2.79 bits per heavy atom. The van der Waals surface area contributed by atoms with Crippen molar-refractivity contribution < 1.29 is 9.53 Å². The summed E-state index contributed by atoms with van der Waals surface area (Å²) in [5, 5.41) is 4.34. The van der Waals surface area contributed by atoms with E-state index in [1.54, 1.807) is 13.2 Å². The predicted octanol–water partition coefficient (Wildman–Crippen LogP) is 4.11. The molecular weight excluding hydrogens is 322 g/mol. The molecule has 6 heteroatoms. The van der Waals surface area contributed by atoms with Gasteiger partial charge >= 0.3 is 0 Å². The largest absolute Gasteiger partial charge is 0.494 e. The number of nitrogens with zero attached hydrogens (tertiary/aromatic N) is 2. The number of thiazole rings is 1. The SMILES string of the molecule is COc1cccc2sc(NC(=O)c3ccc4ccccc4n3)nc12. The van der Waals surface area contributed by atoms with Gasteiger partial charge in [0.2, 0.25) is 0 Å². The van der Waals surface area contributed by atoms with Crippen molar-refractivity contribution in [3.05, 3.63) is 60.3 Å². The molecule has 1 N–H and O–H groups in total. The van der Waals surface area contributed by atoms with Crippen LogP contribution in [0.15, 0.2) is 54.6 Å². The Bertz CT molecular complexity index is 1060. The number of carbonyl (C=O) groups is 1. The lowest BCUT2D eigenvalue weighted by atomic mass is 10.2. The van der Waals surface area contributed by atoms with Crippen LogP contribution in [0.5, 0.6) is 5.75 Å². The predicted molar refractivity (Wildman–Crippen MR) is 95.9 cm³/mol. The highest BCUT2D eigenvalue weighted by molar-refractivity contribution is 7.22. The summed E-state index contributed by atoms with van der Waals surface area (Å²) in [7, 11) is 1.60. The van der Waals surface area contributed by atoms with E-state index in [1.165, 1.54) is 11.3 Å². The van der Waals surface area contributed by atoms with Crippen molar-refractivity contribution >= 4 is 43.5 Å². The molecule has 0 spiro atoms. The summed E-state index contributed by atoms with van der Waals surface area (Å²) in [5.74, 6) is 0.409. The average Bonchev–Trinajstić information content (AvgIpc) is 3.03. The van der Waals surface area contributed by atoms with E-state index in [-0.39, 0.29) is 5.91 Å². The first-order valence-corrected chi connectivity index (χ1v) is 8.17. The molecule has 1 amide bonds. The second-order valence-electron chi connectivity index (χ2n) is 5.17. The lowest BCUT2D eigenvalue weighted by molar-refractivity contribution is 0.102. The number of hydrogen-bond acceptors (Lipinski definition) is 5. The quantitative estimate of drug-likeness (QED) is 0.612. The molecule has 0 fully saturated rings. The molecule has 0 saturated heterocycles. The van der Waals surface area contributed by atoms with Crippen LogP contribution < -0.4 is 10.1 Å². The van der Waals surface area contributed by atoms with Crippen LogP contribution in [0.3, 0.4) is 0 Å². The zero-order chi connectivity index (χ0) is 16.5. The molecule has 0 aliphatic carbocycles. The molecule has 2 aromatic carbocycles. The van der Waals surface area contributed by atoms with E-state index in [9.17, 15) is 4.79 Å². The minimum atomic E-state index is -0.279. The van der Waals surface area contributed by atoms with E-state index in [1.807, 2.05) is 48.5 Å². The summed E-state index contributed by atoms with van der Waals surface area (Å²) in [6.07, 6.45) is 0. The van der Waals surface area contributed by atoms with E-state index >= 15 is 0 Å². The lowest BCUT2D eigenvalue weighted by Gasteiger charge is -2.02. The lowest BCUT2D eigenvalue weighted by Crippen LogP contribution is -2.13. The molecule has 118 valence electrons. The maximum atomic E-state index is 12.5. The molecule has 4 aromatic rings. The molecule has 2 aromatic heterocycles. The maximum Gasteiger partial charge on any atom is 0.276 e. The van der Waals surface area contributed by atoms with Gasteiger partial charge in [0.05, 0.1) is 17.3 Å². The number of amides is 1. The first kappa shape index (κ1) is 14.6. The Hall–Kier alpha value is -2.99. The number of rotatable bonds is 3. The Balaban J connectivity index is 1.65. The van der Waals surface area contributed by atoms with Gasteiger partial charge in [-0.1, -0.05) is 41.7 Å². The number of anilines is 1. The third-order valence-corrected chi connectivity index (χ3v) is 4.59. The topological polar surface area (TPSA) is 64.1 Å². The van der Waals surface area contributed by atoms with Gasteiger partial charge in [-0.05, 0) is 24.3 Å². The van der Waals surface area contributed by atoms with E-state index in [0.29, 0.717) is 16.6 Å². The average molecular weight is 335 g/mol. The molecule has 0 bridgehead atoms. The zero-order valence-electron chi connectivity index (χ0n) is 12.8. The van der Waals surface area contributed by atoms with Crippen LogP contribution in [0.1, 0.15) is 10.5 Å². The van der Waals surface area contributed by atoms with Gasteiger partial charge in [-0.2, -0.15) is 0 Å². The number of hydrogen-bond donors (Lipinski definition) is 1. The Morgan fingerprint density at radius 1 is 1.04 bits per heavy atom. The smallest absolute Gasteiger partial charge is 0.276 e. The van der Waals surface area contributed by atoms with Crippen molar-refractivity contribution in [2.45, 2.75) is 0 Å². The zero-order valence-corrected chi connectivity index (χ0v) is 13.6. The van der Waals surface area contributed by atoms with Crippen LogP contribution in [0.4, 0.5) is 5.13 Å². The first-order chi connectivity index (χ1) is 11.7. The minimum absolute atomic E-state index is 0.279. The van der Waals surface area contributed by atoms with Gasteiger partial charge in [0.15, 0.2) is 5.13 Å². The fourth-order valence-corrected chi connectivity index (χ4v) is 3.37. The molecule has 0 unspecified atom stereocenters. The summed E-state index contributed by atoms with van der Waals surface area (Å²) in [4.78, 5) is 21.3. The first-order valence-electron chi connectivity index (χ1n) is 7.35. The number of nitrogens with one attached hydrogen (secondary N) is 1. The second kappa shape index (κ2) is 5.90. The second-order valence-corrected chi connectivity index (χ2v) is 6.20. The molecule has 24 heavy (non-hydrogen) atoms. The highest BCUT2D eigenvalue weighted by Gasteiger charge is 2.13. The number of benzene rings is 2. The van der Waals surface area contributed by atoms with Gasteiger partial charge < -0.3 is 4.74 Å². The number of pyridine rings is 1. The van der Waals surface area contributed by atoms with Crippen molar-refractivity contribution in [1.29, 1.82) is 0 Å². The van der Waals surface area contributed by atoms with Crippen LogP contribution in [0, 0.1) is 0 Å². The fraction of sp³-hybridized carbons (Fsp3) is 0.0556. The Kier molecular flexibility index (Phi) is 3.59. The van der Waals surface area contributed by atoms with E-state index in [2.05, 4.69) is 15.3 Å². The third kappa shape index (κ3) is 2.57. The highest BCUT2D eigenvalue weighted by atomic mass is 32.1. The summed E-state index contributed by atoms with van der Waals surface area (Å²) in [6.45, 7) is 0. The number of para-hydroxylation sites is 2. The standard InChI is InChI=1S/C18H13N3O2S/c1-23-14-7-4-8-15-16(14)20-18(24-15)21-17(22)13-10-9-11-5-2-3-6-12(11)19-13/h2-10H,1H3,(H,20,21,22). The number of methoxy groups -OCH3 is 1. The number of carbonyl (C=O) groups excluding carboxylic acids is 1. The van der Waals surface area contributed by atoms with Gasteiger partial charge in [0.25, 0.3) is 5.91 Å². The summed E-state index contributed by atoms with van der Waals surface area (Å²) in [5.41, 5.74) is 1.89. The van der Waals surface area contributed by atoms with Crippen LogP contribution in [-0.2, 0) is 0 Å². The molecule has 2 heterocycles.